The van der Waals surface area contributed by atoms with Crippen LogP contribution in [0.4, 0.5) is 23.7 Å². The number of carbonyl (C=O) groups is 2. The number of alkyl halides is 3. The van der Waals surface area contributed by atoms with Crippen molar-refractivity contribution in [2.75, 3.05) is 18.4 Å². The first-order valence-corrected chi connectivity index (χ1v) is 10.3. The highest BCUT2D eigenvalue weighted by molar-refractivity contribution is 6.31. The first-order chi connectivity index (χ1) is 14.6. The normalized spacial score (nSPS) is 23.0. The van der Waals surface area contributed by atoms with Crippen molar-refractivity contribution in [2.24, 2.45) is 11.8 Å². The van der Waals surface area contributed by atoms with E-state index in [-0.39, 0.29) is 34.0 Å². The van der Waals surface area contributed by atoms with Crippen LogP contribution in [0.5, 0.6) is 0 Å². The maximum Gasteiger partial charge on any atom is 0.416 e. The van der Waals surface area contributed by atoms with Crippen molar-refractivity contribution in [3.8, 4) is 0 Å². The molecule has 9 heteroatoms. The number of anilines is 1. The summed E-state index contributed by atoms with van der Waals surface area (Å²) in [7, 11) is 0. The summed E-state index contributed by atoms with van der Waals surface area (Å²) >= 11 is 5.84. The molecule has 4 rings (SSSR count). The van der Waals surface area contributed by atoms with Gasteiger partial charge in [-0.2, -0.15) is 13.2 Å². The zero-order chi connectivity index (χ0) is 22.3. The Balaban J connectivity index is 1.43. The lowest BCUT2D eigenvalue weighted by molar-refractivity contribution is -0.138. The van der Waals surface area contributed by atoms with Crippen molar-refractivity contribution in [1.29, 1.82) is 0 Å². The van der Waals surface area contributed by atoms with Crippen LogP contribution in [0.3, 0.4) is 0 Å². The number of nitrogens with one attached hydrogen (secondary N) is 1. The fourth-order valence-electron chi connectivity index (χ4n) is 4.83. The number of benzene rings is 2. The Morgan fingerprint density at radius 3 is 2.32 bits per heavy atom. The molecule has 0 bridgehead atoms. The van der Waals surface area contributed by atoms with E-state index in [2.05, 4.69) is 5.32 Å². The number of aromatic carboxylic acids is 1. The molecule has 2 aromatic rings. The molecule has 2 N–H and O–H groups in total. The average Bonchev–Trinajstić information content (AvgIpc) is 3.28. The van der Waals surface area contributed by atoms with Gasteiger partial charge in [0.1, 0.15) is 0 Å². The van der Waals surface area contributed by atoms with Gasteiger partial charge in [-0.1, -0.05) is 29.8 Å². The maximum atomic E-state index is 13.4. The van der Waals surface area contributed by atoms with Crippen LogP contribution in [0.1, 0.15) is 40.2 Å². The molecule has 2 aliphatic rings. The average molecular weight is 453 g/mol. The molecule has 0 radical (unpaired) electrons. The van der Waals surface area contributed by atoms with Crippen LogP contribution < -0.4 is 5.32 Å². The van der Waals surface area contributed by atoms with Crippen molar-refractivity contribution in [3.05, 3.63) is 64.2 Å². The monoisotopic (exact) mass is 452 g/mol. The number of carboxylic acids is 1. The standard InChI is InChI=1S/C22H20ClF3N2O3/c23-15-5-6-19(17(9-15)20(29)30)27-21(31)28-10-13-7-12(8-14(13)11-28)16-3-1-2-4-18(16)22(24,25)26/h1-6,9,12-14H,7-8,10-11H2,(H,27,31)(H,29,30)/t12?,13-,14+. The number of halogens is 4. The van der Waals surface area contributed by atoms with E-state index >= 15 is 0 Å². The topological polar surface area (TPSA) is 69.6 Å². The Labute approximate surface area is 181 Å². The molecule has 1 aliphatic heterocycles. The number of hydrogen-bond donors (Lipinski definition) is 2. The van der Waals surface area contributed by atoms with Crippen LogP contribution in [0.25, 0.3) is 0 Å². The molecule has 3 atom stereocenters. The minimum atomic E-state index is -4.39. The lowest BCUT2D eigenvalue weighted by Gasteiger charge is -2.22. The van der Waals surface area contributed by atoms with Crippen molar-refractivity contribution >= 4 is 29.3 Å². The summed E-state index contributed by atoms with van der Waals surface area (Å²) in [5, 5.41) is 12.2. The molecule has 164 valence electrons. The first kappa shape index (κ1) is 21.5. The third-order valence-corrected chi connectivity index (χ3v) is 6.43. The van der Waals surface area contributed by atoms with Crippen molar-refractivity contribution in [2.45, 2.75) is 24.9 Å². The van der Waals surface area contributed by atoms with Gasteiger partial charge in [-0.3, -0.25) is 0 Å². The number of rotatable bonds is 3. The second kappa shape index (κ2) is 8.07. The SMILES string of the molecule is O=C(O)c1cc(Cl)ccc1NC(=O)N1C[C@H]2CC(c3ccccc3C(F)(F)F)C[C@H]2C1. The highest BCUT2D eigenvalue weighted by Crippen LogP contribution is 2.48. The number of hydrogen-bond acceptors (Lipinski definition) is 2. The maximum absolute atomic E-state index is 13.4. The molecule has 1 saturated carbocycles. The van der Waals surface area contributed by atoms with Crippen LogP contribution >= 0.6 is 11.6 Å². The van der Waals surface area contributed by atoms with Gasteiger partial charge in [0.25, 0.3) is 0 Å². The minimum absolute atomic E-state index is 0.107. The number of amides is 2. The van der Waals surface area contributed by atoms with Crippen molar-refractivity contribution in [3.63, 3.8) is 0 Å². The smallest absolute Gasteiger partial charge is 0.416 e. The van der Waals surface area contributed by atoms with Gasteiger partial charge in [0.2, 0.25) is 0 Å². The van der Waals surface area contributed by atoms with E-state index < -0.39 is 23.7 Å². The molecule has 2 fully saturated rings. The molecular formula is C22H20ClF3N2O3. The quantitative estimate of drug-likeness (QED) is 0.626. The number of nitrogens with zero attached hydrogens (tertiary/aromatic N) is 1. The minimum Gasteiger partial charge on any atom is -0.478 e. The number of fused-ring (bicyclic) bond motifs is 1. The summed E-state index contributed by atoms with van der Waals surface area (Å²) in [5.74, 6) is -1.17. The summed E-state index contributed by atoms with van der Waals surface area (Å²) in [4.78, 5) is 25.7. The van der Waals surface area contributed by atoms with Gasteiger partial charge in [-0.05, 0) is 60.4 Å². The van der Waals surface area contributed by atoms with E-state index in [0.29, 0.717) is 31.5 Å². The number of likely N-dealkylation sites (tertiary alicyclic amines) is 1. The van der Waals surface area contributed by atoms with Gasteiger partial charge in [0, 0.05) is 18.1 Å². The predicted octanol–water partition coefficient (Wildman–Crippen LogP) is 5.71. The van der Waals surface area contributed by atoms with Gasteiger partial charge in [-0.15, -0.1) is 0 Å². The lowest BCUT2D eigenvalue weighted by atomic mass is 9.91. The molecular weight excluding hydrogens is 433 g/mol. The molecule has 1 saturated heterocycles. The predicted molar refractivity (Wildman–Crippen MR) is 109 cm³/mol. The Bertz CT molecular complexity index is 1010. The number of carboxylic acid groups (broad SMARTS) is 1. The summed E-state index contributed by atoms with van der Waals surface area (Å²) in [6, 6.07) is 9.46. The fraction of sp³-hybridized carbons (Fsp3) is 0.364. The molecule has 1 aliphatic carbocycles. The zero-order valence-corrected chi connectivity index (χ0v) is 17.1. The summed E-state index contributed by atoms with van der Waals surface area (Å²) in [6.07, 6.45) is -3.22. The van der Waals surface area contributed by atoms with E-state index in [1.165, 1.54) is 24.3 Å². The molecule has 0 spiro atoms. The van der Waals surface area contributed by atoms with E-state index in [4.69, 9.17) is 11.6 Å². The molecule has 2 amide bonds. The third-order valence-electron chi connectivity index (χ3n) is 6.20. The highest BCUT2D eigenvalue weighted by Gasteiger charge is 2.45. The van der Waals surface area contributed by atoms with Crippen LogP contribution in [-0.2, 0) is 6.18 Å². The molecule has 1 unspecified atom stereocenters. The van der Waals surface area contributed by atoms with Crippen LogP contribution in [-0.4, -0.2) is 35.1 Å². The Morgan fingerprint density at radius 1 is 1.06 bits per heavy atom. The van der Waals surface area contributed by atoms with Crippen LogP contribution in [0.15, 0.2) is 42.5 Å². The van der Waals surface area contributed by atoms with E-state index in [9.17, 15) is 27.9 Å². The molecule has 5 nitrogen and oxygen atoms in total. The summed E-state index contributed by atoms with van der Waals surface area (Å²) < 4.78 is 40.1. The van der Waals surface area contributed by atoms with Crippen molar-refractivity contribution in [1.82, 2.24) is 4.90 Å². The van der Waals surface area contributed by atoms with E-state index in [0.717, 1.165) is 6.07 Å². The van der Waals surface area contributed by atoms with Crippen LogP contribution in [0, 0.1) is 11.8 Å². The van der Waals surface area contributed by atoms with Gasteiger partial charge in [0.15, 0.2) is 0 Å². The van der Waals surface area contributed by atoms with E-state index in [1.807, 2.05) is 0 Å². The second-order valence-electron chi connectivity index (χ2n) is 8.10. The van der Waals surface area contributed by atoms with E-state index in [1.54, 1.807) is 17.0 Å². The fourth-order valence-corrected chi connectivity index (χ4v) is 5.00. The van der Waals surface area contributed by atoms with Gasteiger partial charge in [-0.25, -0.2) is 9.59 Å². The largest absolute Gasteiger partial charge is 0.478 e. The number of carbonyl (C=O) groups excluding carboxylic acids is 1. The second-order valence-corrected chi connectivity index (χ2v) is 8.54. The Kier molecular flexibility index (Phi) is 5.60. The Hall–Kier alpha value is -2.74. The molecule has 2 aromatic carbocycles. The summed E-state index contributed by atoms with van der Waals surface area (Å²) in [5.41, 5.74) is -0.216. The van der Waals surface area contributed by atoms with Crippen LogP contribution in [0.2, 0.25) is 5.02 Å². The number of urea groups is 1. The molecule has 31 heavy (non-hydrogen) atoms. The lowest BCUT2D eigenvalue weighted by Crippen LogP contribution is -2.34. The Morgan fingerprint density at radius 2 is 1.71 bits per heavy atom. The van der Waals surface area contributed by atoms with Gasteiger partial charge >= 0.3 is 18.2 Å². The van der Waals surface area contributed by atoms with Gasteiger partial charge in [0.05, 0.1) is 16.8 Å². The van der Waals surface area contributed by atoms with Crippen molar-refractivity contribution < 1.29 is 27.9 Å². The zero-order valence-electron chi connectivity index (χ0n) is 16.3. The molecule has 1 heterocycles. The van der Waals surface area contributed by atoms with Gasteiger partial charge < -0.3 is 15.3 Å². The highest BCUT2D eigenvalue weighted by atomic mass is 35.5. The third kappa shape index (κ3) is 4.35. The molecule has 0 aromatic heterocycles. The summed E-state index contributed by atoms with van der Waals surface area (Å²) in [6.45, 7) is 0.856. The first-order valence-electron chi connectivity index (χ1n) is 9.88.